The Morgan fingerprint density at radius 3 is 2.81 bits per heavy atom. The summed E-state index contributed by atoms with van der Waals surface area (Å²) in [5, 5.41) is 11.9. The summed E-state index contributed by atoms with van der Waals surface area (Å²) in [6.07, 6.45) is -0.571. The smallest absolute Gasteiger partial charge is 0.124 e. The van der Waals surface area contributed by atoms with E-state index in [1.807, 2.05) is 5.38 Å². The molecule has 1 aromatic carbocycles. The fourth-order valence-corrected chi connectivity index (χ4v) is 2.61. The van der Waals surface area contributed by atoms with Crippen LogP contribution in [-0.4, -0.2) is 10.1 Å². The Balaban J connectivity index is 2.42. The van der Waals surface area contributed by atoms with Gasteiger partial charge in [0.15, 0.2) is 0 Å². The van der Waals surface area contributed by atoms with Gasteiger partial charge in [-0.05, 0) is 41.1 Å². The van der Waals surface area contributed by atoms with Crippen molar-refractivity contribution in [3.8, 4) is 11.3 Å². The largest absolute Gasteiger partial charge is 0.386 e. The van der Waals surface area contributed by atoms with E-state index in [9.17, 15) is 9.50 Å². The van der Waals surface area contributed by atoms with Gasteiger partial charge in [0.25, 0.3) is 0 Å². The number of benzene rings is 1. The summed E-state index contributed by atoms with van der Waals surface area (Å²) < 4.78 is 13.6. The van der Waals surface area contributed by atoms with E-state index in [2.05, 4.69) is 20.9 Å². The van der Waals surface area contributed by atoms with Gasteiger partial charge < -0.3 is 5.11 Å². The van der Waals surface area contributed by atoms with E-state index in [0.717, 1.165) is 11.3 Å². The van der Waals surface area contributed by atoms with Crippen molar-refractivity contribution in [3.63, 3.8) is 0 Å². The third-order valence-corrected chi connectivity index (χ3v) is 3.76. The SMILES string of the molecule is CC(O)c1nc(-c2ccc(F)cc2Br)cs1. The van der Waals surface area contributed by atoms with E-state index in [1.54, 1.807) is 13.0 Å². The fraction of sp³-hybridized carbons (Fsp3) is 0.182. The summed E-state index contributed by atoms with van der Waals surface area (Å²) in [7, 11) is 0. The number of aromatic nitrogens is 1. The monoisotopic (exact) mass is 301 g/mol. The molecule has 0 fully saturated rings. The van der Waals surface area contributed by atoms with Gasteiger partial charge in [0, 0.05) is 15.4 Å². The number of aliphatic hydroxyl groups excluding tert-OH is 1. The fourth-order valence-electron chi connectivity index (χ4n) is 1.30. The third kappa shape index (κ3) is 2.31. The maximum absolute atomic E-state index is 12.9. The van der Waals surface area contributed by atoms with Crippen molar-refractivity contribution < 1.29 is 9.50 Å². The van der Waals surface area contributed by atoms with Crippen LogP contribution in [0.3, 0.4) is 0 Å². The Bertz CT molecular complexity index is 512. The molecule has 0 saturated heterocycles. The molecule has 0 aliphatic carbocycles. The van der Waals surface area contributed by atoms with Gasteiger partial charge in [-0.2, -0.15) is 0 Å². The highest BCUT2D eigenvalue weighted by Crippen LogP contribution is 2.31. The predicted molar refractivity (Wildman–Crippen MR) is 65.8 cm³/mol. The van der Waals surface area contributed by atoms with Crippen LogP contribution >= 0.6 is 27.3 Å². The number of hydrogen-bond donors (Lipinski definition) is 1. The molecule has 1 heterocycles. The molecule has 0 spiro atoms. The van der Waals surface area contributed by atoms with Crippen molar-refractivity contribution in [3.05, 3.63) is 38.9 Å². The van der Waals surface area contributed by atoms with E-state index in [4.69, 9.17) is 0 Å². The highest BCUT2D eigenvalue weighted by Gasteiger charge is 2.11. The normalized spacial score (nSPS) is 12.8. The summed E-state index contributed by atoms with van der Waals surface area (Å²) >= 11 is 4.68. The standard InChI is InChI=1S/C11H9BrFNOS/c1-6(15)11-14-10(5-16-11)8-3-2-7(13)4-9(8)12/h2-6,15H,1H3. The zero-order chi connectivity index (χ0) is 11.7. The van der Waals surface area contributed by atoms with Gasteiger partial charge in [0.05, 0.1) is 5.69 Å². The molecule has 16 heavy (non-hydrogen) atoms. The van der Waals surface area contributed by atoms with E-state index >= 15 is 0 Å². The minimum atomic E-state index is -0.571. The lowest BCUT2D eigenvalue weighted by Gasteiger charge is -2.01. The molecule has 0 radical (unpaired) electrons. The van der Waals surface area contributed by atoms with Crippen molar-refractivity contribution in [1.29, 1.82) is 0 Å². The van der Waals surface area contributed by atoms with Gasteiger partial charge >= 0.3 is 0 Å². The maximum atomic E-state index is 12.9. The van der Waals surface area contributed by atoms with Gasteiger partial charge in [-0.15, -0.1) is 11.3 Å². The van der Waals surface area contributed by atoms with Crippen LogP contribution in [-0.2, 0) is 0 Å². The molecule has 5 heteroatoms. The van der Waals surface area contributed by atoms with Crippen LogP contribution in [0, 0.1) is 5.82 Å². The number of aliphatic hydroxyl groups is 1. The first-order valence-electron chi connectivity index (χ1n) is 4.67. The first-order valence-corrected chi connectivity index (χ1v) is 6.34. The third-order valence-electron chi connectivity index (χ3n) is 2.09. The number of halogens is 2. The molecular weight excluding hydrogens is 293 g/mol. The molecule has 0 aliphatic heterocycles. The van der Waals surface area contributed by atoms with E-state index in [1.165, 1.54) is 23.5 Å². The van der Waals surface area contributed by atoms with E-state index < -0.39 is 6.10 Å². The second kappa shape index (κ2) is 4.61. The Morgan fingerprint density at radius 2 is 2.25 bits per heavy atom. The Kier molecular flexibility index (Phi) is 3.37. The number of rotatable bonds is 2. The molecule has 1 unspecified atom stereocenters. The molecule has 0 saturated carbocycles. The molecule has 0 amide bonds. The van der Waals surface area contributed by atoms with Gasteiger partial charge in [0.2, 0.25) is 0 Å². The highest BCUT2D eigenvalue weighted by molar-refractivity contribution is 9.10. The predicted octanol–water partition coefficient (Wildman–Crippen LogP) is 3.77. The van der Waals surface area contributed by atoms with E-state index in [0.29, 0.717) is 9.48 Å². The summed E-state index contributed by atoms with van der Waals surface area (Å²) in [4.78, 5) is 4.29. The van der Waals surface area contributed by atoms with Crippen LogP contribution in [0.2, 0.25) is 0 Å². The molecule has 84 valence electrons. The van der Waals surface area contributed by atoms with Gasteiger partial charge in [-0.1, -0.05) is 0 Å². The molecule has 2 nitrogen and oxygen atoms in total. The number of thiazole rings is 1. The van der Waals surface area contributed by atoms with Crippen LogP contribution in [0.15, 0.2) is 28.1 Å². The molecule has 0 aliphatic rings. The molecule has 2 aromatic rings. The van der Waals surface area contributed by atoms with Crippen LogP contribution in [0.4, 0.5) is 4.39 Å². The van der Waals surface area contributed by atoms with E-state index in [-0.39, 0.29) is 5.82 Å². The number of hydrogen-bond acceptors (Lipinski definition) is 3. The summed E-state index contributed by atoms with van der Waals surface area (Å²) in [6.45, 7) is 1.67. The summed E-state index contributed by atoms with van der Waals surface area (Å²) in [5.74, 6) is -0.290. The zero-order valence-electron chi connectivity index (χ0n) is 8.45. The topological polar surface area (TPSA) is 33.1 Å². The summed E-state index contributed by atoms with van der Waals surface area (Å²) in [6, 6.07) is 4.46. The van der Waals surface area contributed by atoms with Crippen LogP contribution in [0.25, 0.3) is 11.3 Å². The van der Waals surface area contributed by atoms with Crippen LogP contribution < -0.4 is 0 Å². The molecule has 0 bridgehead atoms. The molecule has 2 rings (SSSR count). The Labute approximate surface area is 105 Å². The minimum Gasteiger partial charge on any atom is -0.386 e. The second-order valence-electron chi connectivity index (χ2n) is 3.37. The zero-order valence-corrected chi connectivity index (χ0v) is 10.8. The van der Waals surface area contributed by atoms with Crippen LogP contribution in [0.5, 0.6) is 0 Å². The Hall–Kier alpha value is -0.780. The van der Waals surface area contributed by atoms with Crippen LogP contribution in [0.1, 0.15) is 18.0 Å². The first kappa shape index (κ1) is 11.7. The van der Waals surface area contributed by atoms with Gasteiger partial charge in [-0.3, -0.25) is 0 Å². The Morgan fingerprint density at radius 1 is 1.50 bits per heavy atom. The molecule has 1 aromatic heterocycles. The molecule has 1 N–H and O–H groups in total. The van der Waals surface area contributed by atoms with Gasteiger partial charge in [-0.25, -0.2) is 9.37 Å². The molecule has 1 atom stereocenters. The average molecular weight is 302 g/mol. The lowest BCUT2D eigenvalue weighted by Crippen LogP contribution is -1.89. The minimum absolute atomic E-state index is 0.290. The first-order chi connectivity index (χ1) is 7.58. The van der Waals surface area contributed by atoms with Crippen molar-refractivity contribution in [2.24, 2.45) is 0 Å². The quantitative estimate of drug-likeness (QED) is 0.916. The lowest BCUT2D eigenvalue weighted by molar-refractivity contribution is 0.199. The lowest BCUT2D eigenvalue weighted by atomic mass is 10.2. The van der Waals surface area contributed by atoms with Crippen molar-refractivity contribution in [1.82, 2.24) is 4.98 Å². The van der Waals surface area contributed by atoms with Crippen molar-refractivity contribution >= 4 is 27.3 Å². The maximum Gasteiger partial charge on any atom is 0.124 e. The van der Waals surface area contributed by atoms with Gasteiger partial charge in [0.1, 0.15) is 16.9 Å². The average Bonchev–Trinajstić information content (AvgIpc) is 2.66. The van der Waals surface area contributed by atoms with Crippen molar-refractivity contribution in [2.45, 2.75) is 13.0 Å². The highest BCUT2D eigenvalue weighted by atomic mass is 79.9. The van der Waals surface area contributed by atoms with Crippen molar-refractivity contribution in [2.75, 3.05) is 0 Å². The molecular formula is C11H9BrFNOS. The summed E-state index contributed by atoms with van der Waals surface area (Å²) in [5.41, 5.74) is 1.57. The second-order valence-corrected chi connectivity index (χ2v) is 5.12. The number of nitrogens with zero attached hydrogens (tertiary/aromatic N) is 1.